The molecule has 1 rings (SSSR count). The van der Waals surface area contributed by atoms with Gasteiger partial charge in [0, 0.05) is 32.2 Å². The average Bonchev–Trinajstić information content (AvgIpc) is 2.15. The van der Waals surface area contributed by atoms with Crippen molar-refractivity contribution in [3.63, 3.8) is 0 Å². The van der Waals surface area contributed by atoms with Crippen LogP contribution in [0.4, 0.5) is 0 Å². The van der Waals surface area contributed by atoms with Crippen LogP contribution >= 0.6 is 0 Å². The number of nitrogens with one attached hydrogen (secondary N) is 1. The molecule has 17 heavy (non-hydrogen) atoms. The van der Waals surface area contributed by atoms with Gasteiger partial charge in [0.05, 0.1) is 13.0 Å². The van der Waals surface area contributed by atoms with Crippen molar-refractivity contribution in [2.45, 2.75) is 40.2 Å². The predicted octanol–water partition coefficient (Wildman–Crippen LogP) is 1.26. The molecule has 0 aromatic rings. The fourth-order valence-electron chi connectivity index (χ4n) is 2.27. The molecule has 1 atom stereocenters. The number of rotatable bonds is 4. The molecule has 0 saturated carbocycles. The summed E-state index contributed by atoms with van der Waals surface area (Å²) in [4.78, 5) is 13.9. The molecular weight excluding hydrogens is 216 g/mol. The van der Waals surface area contributed by atoms with Crippen LogP contribution in [0.5, 0.6) is 0 Å². The third-order valence-corrected chi connectivity index (χ3v) is 2.76. The van der Waals surface area contributed by atoms with Crippen molar-refractivity contribution in [1.82, 2.24) is 10.2 Å². The van der Waals surface area contributed by atoms with E-state index in [1.165, 1.54) is 0 Å². The topological polar surface area (TPSA) is 41.6 Å². The first-order chi connectivity index (χ1) is 7.90. The van der Waals surface area contributed by atoms with Crippen LogP contribution in [0.3, 0.4) is 0 Å². The van der Waals surface area contributed by atoms with Gasteiger partial charge >= 0.3 is 5.97 Å². The Balaban J connectivity index is 2.36. The van der Waals surface area contributed by atoms with E-state index in [-0.39, 0.29) is 12.0 Å². The maximum atomic E-state index is 11.4. The minimum Gasteiger partial charge on any atom is -0.466 e. The molecule has 4 heteroatoms. The van der Waals surface area contributed by atoms with Crippen molar-refractivity contribution in [1.29, 1.82) is 0 Å². The summed E-state index contributed by atoms with van der Waals surface area (Å²) in [6.07, 6.45) is 0.481. The van der Waals surface area contributed by atoms with Crippen molar-refractivity contribution in [2.24, 2.45) is 5.41 Å². The second-order valence-electron chi connectivity index (χ2n) is 5.96. The van der Waals surface area contributed by atoms with Crippen LogP contribution in [0, 0.1) is 5.41 Å². The number of ether oxygens (including phenoxy) is 1. The number of hydrogen-bond donors (Lipinski definition) is 1. The van der Waals surface area contributed by atoms with Crippen LogP contribution < -0.4 is 5.32 Å². The van der Waals surface area contributed by atoms with Crippen LogP contribution in [0.2, 0.25) is 0 Å². The van der Waals surface area contributed by atoms with E-state index in [1.807, 2.05) is 6.92 Å². The van der Waals surface area contributed by atoms with E-state index in [0.29, 0.717) is 18.4 Å². The Morgan fingerprint density at radius 1 is 1.47 bits per heavy atom. The highest BCUT2D eigenvalue weighted by Gasteiger charge is 2.24. The van der Waals surface area contributed by atoms with Gasteiger partial charge in [-0.05, 0) is 12.3 Å². The molecule has 1 saturated heterocycles. The largest absolute Gasteiger partial charge is 0.466 e. The second kappa shape index (κ2) is 6.36. The second-order valence-corrected chi connectivity index (χ2v) is 5.96. The molecule has 0 amide bonds. The van der Waals surface area contributed by atoms with E-state index >= 15 is 0 Å². The fourth-order valence-corrected chi connectivity index (χ4v) is 2.27. The number of hydrogen-bond acceptors (Lipinski definition) is 4. The Morgan fingerprint density at radius 3 is 2.76 bits per heavy atom. The lowest BCUT2D eigenvalue weighted by Crippen LogP contribution is -2.53. The first-order valence-corrected chi connectivity index (χ1v) is 6.52. The number of nitrogens with zero attached hydrogens (tertiary/aromatic N) is 1. The van der Waals surface area contributed by atoms with Gasteiger partial charge in [-0.3, -0.25) is 9.69 Å². The van der Waals surface area contributed by atoms with Crippen molar-refractivity contribution >= 4 is 5.97 Å². The third kappa shape index (κ3) is 6.03. The summed E-state index contributed by atoms with van der Waals surface area (Å²) < 4.78 is 4.98. The van der Waals surface area contributed by atoms with Gasteiger partial charge in [0.25, 0.3) is 0 Å². The highest BCUT2D eigenvalue weighted by Crippen LogP contribution is 2.16. The molecule has 0 radical (unpaired) electrons. The molecular formula is C13H26N2O2. The first-order valence-electron chi connectivity index (χ1n) is 6.52. The van der Waals surface area contributed by atoms with Gasteiger partial charge in [0.2, 0.25) is 0 Å². The van der Waals surface area contributed by atoms with Gasteiger partial charge in [0.15, 0.2) is 0 Å². The number of carbonyl (C=O) groups excluding carboxylic acids is 1. The van der Waals surface area contributed by atoms with Gasteiger partial charge in [-0.15, -0.1) is 0 Å². The minimum absolute atomic E-state index is 0.0948. The maximum Gasteiger partial charge on any atom is 0.307 e. The Kier molecular flexibility index (Phi) is 5.40. The van der Waals surface area contributed by atoms with Crippen LogP contribution in [0.1, 0.15) is 34.1 Å². The summed E-state index contributed by atoms with van der Waals surface area (Å²) in [6, 6.07) is 0.241. The van der Waals surface area contributed by atoms with E-state index < -0.39 is 0 Å². The Hall–Kier alpha value is -0.610. The predicted molar refractivity (Wildman–Crippen MR) is 68.9 cm³/mol. The molecule has 0 aromatic carbocycles. The molecule has 100 valence electrons. The van der Waals surface area contributed by atoms with Gasteiger partial charge in [0.1, 0.15) is 0 Å². The average molecular weight is 242 g/mol. The van der Waals surface area contributed by atoms with E-state index in [9.17, 15) is 4.79 Å². The zero-order valence-electron chi connectivity index (χ0n) is 11.6. The van der Waals surface area contributed by atoms with Crippen LogP contribution in [-0.4, -0.2) is 49.7 Å². The minimum atomic E-state index is -0.0948. The summed E-state index contributed by atoms with van der Waals surface area (Å²) in [5.74, 6) is -0.0948. The summed E-state index contributed by atoms with van der Waals surface area (Å²) >= 11 is 0. The molecule has 0 bridgehead atoms. The van der Waals surface area contributed by atoms with Gasteiger partial charge in [-0.2, -0.15) is 0 Å². The number of esters is 1. The molecule has 4 nitrogen and oxygen atoms in total. The molecule has 1 fully saturated rings. The monoisotopic (exact) mass is 242 g/mol. The zero-order valence-corrected chi connectivity index (χ0v) is 11.6. The van der Waals surface area contributed by atoms with Crippen LogP contribution in [-0.2, 0) is 9.53 Å². The lowest BCUT2D eigenvalue weighted by Gasteiger charge is -2.37. The van der Waals surface area contributed by atoms with Crippen molar-refractivity contribution in [2.75, 3.05) is 32.8 Å². The molecule has 1 unspecified atom stereocenters. The van der Waals surface area contributed by atoms with Crippen LogP contribution in [0.15, 0.2) is 0 Å². The fraction of sp³-hybridized carbons (Fsp3) is 0.923. The number of piperazine rings is 1. The zero-order chi connectivity index (χ0) is 12.9. The summed E-state index contributed by atoms with van der Waals surface area (Å²) in [5, 5.41) is 3.38. The molecule has 0 aliphatic carbocycles. The summed E-state index contributed by atoms with van der Waals surface area (Å²) in [7, 11) is 0. The van der Waals surface area contributed by atoms with E-state index in [2.05, 4.69) is 31.0 Å². The molecule has 1 N–H and O–H groups in total. The molecule has 0 spiro atoms. The first kappa shape index (κ1) is 14.5. The van der Waals surface area contributed by atoms with E-state index in [1.54, 1.807) is 0 Å². The van der Waals surface area contributed by atoms with Gasteiger partial charge < -0.3 is 10.1 Å². The lowest BCUT2D eigenvalue weighted by molar-refractivity contribution is -0.144. The summed E-state index contributed by atoms with van der Waals surface area (Å²) in [6.45, 7) is 13.1. The normalized spacial score (nSPS) is 22.5. The lowest BCUT2D eigenvalue weighted by atomic mass is 9.95. The highest BCUT2D eigenvalue weighted by molar-refractivity contribution is 5.70. The number of carbonyl (C=O) groups is 1. The van der Waals surface area contributed by atoms with Crippen molar-refractivity contribution in [3.8, 4) is 0 Å². The Bertz CT molecular complexity index is 248. The molecule has 1 heterocycles. The quantitative estimate of drug-likeness (QED) is 0.754. The highest BCUT2D eigenvalue weighted by atomic mass is 16.5. The van der Waals surface area contributed by atoms with Crippen molar-refractivity contribution in [3.05, 3.63) is 0 Å². The smallest absolute Gasteiger partial charge is 0.307 e. The molecule has 1 aliphatic heterocycles. The third-order valence-electron chi connectivity index (χ3n) is 2.76. The molecule has 1 aliphatic rings. The van der Waals surface area contributed by atoms with Gasteiger partial charge in [-0.1, -0.05) is 20.8 Å². The van der Waals surface area contributed by atoms with Crippen LogP contribution in [0.25, 0.3) is 0 Å². The van der Waals surface area contributed by atoms with E-state index in [0.717, 1.165) is 26.2 Å². The molecule has 0 aromatic heterocycles. The Morgan fingerprint density at radius 2 is 2.18 bits per heavy atom. The summed E-state index contributed by atoms with van der Waals surface area (Å²) in [5.41, 5.74) is 0.311. The Labute approximate surface area is 105 Å². The van der Waals surface area contributed by atoms with Crippen molar-refractivity contribution < 1.29 is 9.53 Å². The van der Waals surface area contributed by atoms with E-state index in [4.69, 9.17) is 4.74 Å². The SMILES string of the molecule is CCOC(=O)CC1CN(CC(C)(C)C)CCN1. The maximum absolute atomic E-state index is 11.4. The standard InChI is InChI=1S/C13H26N2O2/c1-5-17-12(16)8-11-9-15(7-6-14-11)10-13(2,3)4/h11,14H,5-10H2,1-4H3. The van der Waals surface area contributed by atoms with Gasteiger partial charge in [-0.25, -0.2) is 0 Å².